The highest BCUT2D eigenvalue weighted by Crippen LogP contribution is 2.33. The van der Waals surface area contributed by atoms with Crippen molar-refractivity contribution in [2.45, 2.75) is 33.6 Å². The first-order valence-corrected chi connectivity index (χ1v) is 6.56. The monoisotopic (exact) mass is 265 g/mol. The van der Waals surface area contributed by atoms with Crippen molar-refractivity contribution < 1.29 is 14.3 Å². The van der Waals surface area contributed by atoms with Gasteiger partial charge in [-0.25, -0.2) is 0 Å². The predicted molar refractivity (Wildman–Crippen MR) is 77.0 cm³/mol. The number of hydrogen-bond acceptors (Lipinski definition) is 3. The lowest BCUT2D eigenvalue weighted by Crippen LogP contribution is -2.20. The van der Waals surface area contributed by atoms with E-state index in [1.807, 2.05) is 19.9 Å². The van der Waals surface area contributed by atoms with Crippen molar-refractivity contribution in [2.24, 2.45) is 5.92 Å². The van der Waals surface area contributed by atoms with Gasteiger partial charge in [-0.05, 0) is 25.0 Å². The normalized spacial score (nSPS) is 11.8. The van der Waals surface area contributed by atoms with Crippen LogP contribution < -0.4 is 14.8 Å². The van der Waals surface area contributed by atoms with Gasteiger partial charge in [-0.1, -0.05) is 20.3 Å². The van der Waals surface area contributed by atoms with Crippen molar-refractivity contribution >= 4 is 11.6 Å². The number of rotatable bonds is 6. The zero-order valence-corrected chi connectivity index (χ0v) is 12.4. The zero-order chi connectivity index (χ0) is 14.4. The quantitative estimate of drug-likeness (QED) is 0.857. The molecule has 0 aromatic heterocycles. The van der Waals surface area contributed by atoms with Crippen LogP contribution in [-0.2, 0) is 4.79 Å². The first-order chi connectivity index (χ1) is 9.03. The molecule has 0 spiro atoms. The highest BCUT2D eigenvalue weighted by atomic mass is 16.5. The second-order valence-electron chi connectivity index (χ2n) is 4.70. The van der Waals surface area contributed by atoms with Gasteiger partial charge in [0.15, 0.2) is 11.5 Å². The number of methoxy groups -OCH3 is 2. The summed E-state index contributed by atoms with van der Waals surface area (Å²) >= 11 is 0. The molecule has 1 aromatic rings. The van der Waals surface area contributed by atoms with Gasteiger partial charge in [-0.2, -0.15) is 0 Å². The second-order valence-corrected chi connectivity index (χ2v) is 4.70. The number of carbonyl (C=O) groups is 1. The van der Waals surface area contributed by atoms with Gasteiger partial charge < -0.3 is 14.8 Å². The number of amides is 1. The van der Waals surface area contributed by atoms with E-state index in [0.717, 1.165) is 24.1 Å². The fourth-order valence-corrected chi connectivity index (χ4v) is 1.94. The molecule has 0 heterocycles. The maximum absolute atomic E-state index is 12.0. The number of carbonyl (C=O) groups excluding carboxylic acids is 1. The van der Waals surface area contributed by atoms with E-state index in [-0.39, 0.29) is 11.8 Å². The van der Waals surface area contributed by atoms with Crippen molar-refractivity contribution in [1.82, 2.24) is 0 Å². The molecular formula is C15H23NO3. The summed E-state index contributed by atoms with van der Waals surface area (Å²) in [6.45, 7) is 5.95. The molecule has 0 unspecified atom stereocenters. The third-order valence-corrected chi connectivity index (χ3v) is 3.16. The van der Waals surface area contributed by atoms with Crippen LogP contribution >= 0.6 is 0 Å². The molecule has 4 heteroatoms. The Morgan fingerprint density at radius 3 is 2.37 bits per heavy atom. The molecule has 1 atom stereocenters. The minimum atomic E-state index is 0.0116. The standard InChI is InChI=1S/C15H23NO3/c1-6-7-10(2)15(17)16-12-9-14(19-5)13(18-4)8-11(12)3/h8-10H,6-7H2,1-5H3,(H,16,17)/t10-/m1/s1. The van der Waals surface area contributed by atoms with Crippen LogP contribution in [0.25, 0.3) is 0 Å². The summed E-state index contributed by atoms with van der Waals surface area (Å²) in [6, 6.07) is 3.66. The van der Waals surface area contributed by atoms with Gasteiger partial charge in [-0.15, -0.1) is 0 Å². The van der Waals surface area contributed by atoms with Crippen molar-refractivity contribution in [3.8, 4) is 11.5 Å². The Hall–Kier alpha value is -1.71. The third kappa shape index (κ3) is 3.88. The molecule has 1 aromatic carbocycles. The number of anilines is 1. The van der Waals surface area contributed by atoms with Crippen LogP contribution in [-0.4, -0.2) is 20.1 Å². The molecule has 0 radical (unpaired) electrons. The van der Waals surface area contributed by atoms with E-state index in [1.165, 1.54) is 0 Å². The Morgan fingerprint density at radius 2 is 1.84 bits per heavy atom. The number of aryl methyl sites for hydroxylation is 1. The predicted octanol–water partition coefficient (Wildman–Crippen LogP) is 3.39. The fourth-order valence-electron chi connectivity index (χ4n) is 1.94. The Bertz CT molecular complexity index is 443. The number of hydrogen-bond donors (Lipinski definition) is 1. The Labute approximate surface area is 115 Å². The summed E-state index contributed by atoms with van der Waals surface area (Å²) < 4.78 is 10.5. The largest absolute Gasteiger partial charge is 0.493 e. The fraction of sp³-hybridized carbons (Fsp3) is 0.533. The molecule has 0 bridgehead atoms. The summed E-state index contributed by atoms with van der Waals surface area (Å²) in [6.07, 6.45) is 1.89. The molecule has 1 rings (SSSR count). The lowest BCUT2D eigenvalue weighted by molar-refractivity contribution is -0.119. The minimum Gasteiger partial charge on any atom is -0.493 e. The average Bonchev–Trinajstić information content (AvgIpc) is 2.40. The Balaban J connectivity index is 2.92. The number of ether oxygens (including phenoxy) is 2. The van der Waals surface area contributed by atoms with Gasteiger partial charge in [0.05, 0.1) is 14.2 Å². The van der Waals surface area contributed by atoms with Crippen LogP contribution in [0.3, 0.4) is 0 Å². The highest BCUT2D eigenvalue weighted by molar-refractivity contribution is 5.93. The van der Waals surface area contributed by atoms with E-state index < -0.39 is 0 Å². The molecule has 0 fully saturated rings. The van der Waals surface area contributed by atoms with E-state index in [4.69, 9.17) is 9.47 Å². The summed E-state index contributed by atoms with van der Waals surface area (Å²) in [5.74, 6) is 1.33. The van der Waals surface area contributed by atoms with Gasteiger partial charge in [0.2, 0.25) is 5.91 Å². The number of nitrogens with one attached hydrogen (secondary N) is 1. The molecule has 1 amide bonds. The molecule has 0 saturated carbocycles. The summed E-state index contributed by atoms with van der Waals surface area (Å²) in [5, 5.41) is 2.95. The van der Waals surface area contributed by atoms with Crippen LogP contribution in [0, 0.1) is 12.8 Å². The van der Waals surface area contributed by atoms with E-state index in [2.05, 4.69) is 12.2 Å². The topological polar surface area (TPSA) is 47.6 Å². The smallest absolute Gasteiger partial charge is 0.227 e. The van der Waals surface area contributed by atoms with E-state index >= 15 is 0 Å². The van der Waals surface area contributed by atoms with Crippen LogP contribution in [0.5, 0.6) is 11.5 Å². The molecule has 0 aliphatic heterocycles. The molecule has 0 saturated heterocycles. The maximum Gasteiger partial charge on any atom is 0.227 e. The van der Waals surface area contributed by atoms with Crippen LogP contribution in [0.1, 0.15) is 32.3 Å². The van der Waals surface area contributed by atoms with Crippen molar-refractivity contribution in [1.29, 1.82) is 0 Å². The van der Waals surface area contributed by atoms with E-state index in [9.17, 15) is 4.79 Å². The van der Waals surface area contributed by atoms with E-state index in [1.54, 1.807) is 20.3 Å². The summed E-state index contributed by atoms with van der Waals surface area (Å²) in [7, 11) is 3.18. The average molecular weight is 265 g/mol. The third-order valence-electron chi connectivity index (χ3n) is 3.16. The SMILES string of the molecule is CCC[C@@H](C)C(=O)Nc1cc(OC)c(OC)cc1C. The minimum absolute atomic E-state index is 0.0116. The van der Waals surface area contributed by atoms with Gasteiger partial charge in [0.25, 0.3) is 0 Å². The summed E-state index contributed by atoms with van der Waals surface area (Å²) in [4.78, 5) is 12.0. The van der Waals surface area contributed by atoms with Crippen LogP contribution in [0.4, 0.5) is 5.69 Å². The highest BCUT2D eigenvalue weighted by Gasteiger charge is 2.15. The van der Waals surface area contributed by atoms with E-state index in [0.29, 0.717) is 11.5 Å². The lowest BCUT2D eigenvalue weighted by atomic mass is 10.0. The van der Waals surface area contributed by atoms with Crippen LogP contribution in [0.2, 0.25) is 0 Å². The second kappa shape index (κ2) is 7.02. The summed E-state index contributed by atoms with van der Waals surface area (Å²) in [5.41, 5.74) is 1.72. The van der Waals surface area contributed by atoms with Gasteiger partial charge >= 0.3 is 0 Å². The van der Waals surface area contributed by atoms with Gasteiger partial charge in [0, 0.05) is 17.7 Å². The first-order valence-electron chi connectivity index (χ1n) is 6.56. The lowest BCUT2D eigenvalue weighted by Gasteiger charge is -2.15. The van der Waals surface area contributed by atoms with Crippen molar-refractivity contribution in [3.05, 3.63) is 17.7 Å². The molecule has 4 nitrogen and oxygen atoms in total. The molecule has 0 aliphatic rings. The van der Waals surface area contributed by atoms with Gasteiger partial charge in [0.1, 0.15) is 0 Å². The number of benzene rings is 1. The first kappa shape index (κ1) is 15.3. The van der Waals surface area contributed by atoms with Crippen LogP contribution in [0.15, 0.2) is 12.1 Å². The van der Waals surface area contributed by atoms with Crippen molar-refractivity contribution in [2.75, 3.05) is 19.5 Å². The maximum atomic E-state index is 12.0. The molecule has 19 heavy (non-hydrogen) atoms. The molecule has 106 valence electrons. The molecule has 0 aliphatic carbocycles. The molecule has 1 N–H and O–H groups in total. The zero-order valence-electron chi connectivity index (χ0n) is 12.4. The molecular weight excluding hydrogens is 242 g/mol. The van der Waals surface area contributed by atoms with Crippen molar-refractivity contribution in [3.63, 3.8) is 0 Å². The van der Waals surface area contributed by atoms with Gasteiger partial charge in [-0.3, -0.25) is 4.79 Å². The Morgan fingerprint density at radius 1 is 1.26 bits per heavy atom. The Kier molecular flexibility index (Phi) is 5.67.